The van der Waals surface area contributed by atoms with E-state index in [-0.39, 0.29) is 18.1 Å². The van der Waals surface area contributed by atoms with Gasteiger partial charge in [-0.25, -0.2) is 0 Å². The van der Waals surface area contributed by atoms with Gasteiger partial charge in [-0.15, -0.1) is 9.24 Å². The Kier molecular flexibility index (Phi) is 6.53. The lowest BCUT2D eigenvalue weighted by Gasteiger charge is -2.14. The number of carbonyl (C=O) groups is 1. The Bertz CT molecular complexity index is 774. The number of pyridine rings is 1. The highest BCUT2D eigenvalue weighted by Gasteiger charge is 2.13. The maximum Gasteiger partial charge on any atom is 0.254 e. The predicted molar refractivity (Wildman–Crippen MR) is 99.5 cm³/mol. The van der Waals surface area contributed by atoms with E-state index >= 15 is 0 Å². The number of hydrogen-bond donors (Lipinski definition) is 4. The first-order chi connectivity index (χ1) is 11.5. The lowest BCUT2D eigenvalue weighted by Crippen LogP contribution is -2.27. The van der Waals surface area contributed by atoms with Crippen molar-refractivity contribution in [1.82, 2.24) is 10.3 Å². The maximum absolute atomic E-state index is 12.3. The van der Waals surface area contributed by atoms with Crippen molar-refractivity contribution in [3.63, 3.8) is 0 Å². The van der Waals surface area contributed by atoms with Gasteiger partial charge in [0.15, 0.2) is 0 Å². The second-order valence-electron chi connectivity index (χ2n) is 5.36. The molecule has 128 valence electrons. The van der Waals surface area contributed by atoms with Crippen molar-refractivity contribution in [2.45, 2.75) is 19.8 Å². The van der Waals surface area contributed by atoms with Gasteiger partial charge >= 0.3 is 0 Å². The summed E-state index contributed by atoms with van der Waals surface area (Å²) in [7, 11) is 2.66. The van der Waals surface area contributed by atoms with E-state index in [0.717, 1.165) is 17.4 Å². The average Bonchev–Trinajstić information content (AvgIpc) is 2.57. The van der Waals surface area contributed by atoms with E-state index in [1.807, 2.05) is 18.2 Å². The van der Waals surface area contributed by atoms with Crippen molar-refractivity contribution in [2.75, 3.05) is 18.5 Å². The highest BCUT2D eigenvalue weighted by Crippen LogP contribution is 2.20. The Morgan fingerprint density at radius 3 is 2.75 bits per heavy atom. The number of benzene rings is 1. The number of aliphatic hydroxyl groups is 1. The number of amides is 1. The van der Waals surface area contributed by atoms with Crippen molar-refractivity contribution >= 4 is 31.8 Å². The number of H-pyrrole nitrogens is 1. The molecule has 0 fully saturated rings. The molecule has 0 aliphatic rings. The molecule has 0 aliphatic carbocycles. The van der Waals surface area contributed by atoms with Gasteiger partial charge in [0.25, 0.3) is 5.91 Å². The molecule has 1 unspecified atom stereocenters. The molecular weight excluding hydrogens is 325 g/mol. The van der Waals surface area contributed by atoms with Gasteiger partial charge in [-0.2, -0.15) is 0 Å². The first-order valence-electron chi connectivity index (χ1n) is 7.82. The van der Waals surface area contributed by atoms with Gasteiger partial charge in [-0.3, -0.25) is 9.59 Å². The summed E-state index contributed by atoms with van der Waals surface area (Å²) in [6.45, 7) is 2.46. The highest BCUT2D eigenvalue weighted by atomic mass is 31.0. The maximum atomic E-state index is 12.3. The zero-order valence-electron chi connectivity index (χ0n) is 13.6. The van der Waals surface area contributed by atoms with Crippen LogP contribution in [0.5, 0.6) is 0 Å². The third kappa shape index (κ3) is 4.66. The van der Waals surface area contributed by atoms with Gasteiger partial charge in [-0.05, 0) is 35.8 Å². The number of carbonyl (C=O) groups excluding carboxylic acids is 1. The van der Waals surface area contributed by atoms with Gasteiger partial charge in [0.1, 0.15) is 0 Å². The van der Waals surface area contributed by atoms with Crippen molar-refractivity contribution in [3.05, 3.63) is 51.9 Å². The minimum absolute atomic E-state index is 0.0111. The molecule has 1 amide bonds. The summed E-state index contributed by atoms with van der Waals surface area (Å²) in [5, 5.41) is 15.6. The Morgan fingerprint density at radius 1 is 1.29 bits per heavy atom. The number of aliphatic hydroxyl groups excluding tert-OH is 1. The summed E-state index contributed by atoms with van der Waals surface area (Å²) < 4.78 is 0. The zero-order chi connectivity index (χ0) is 17.5. The molecule has 1 atom stereocenters. The number of hydrogen-bond acceptors (Lipinski definition) is 4. The SMILES string of the molecule is CCc1ccc(Nc2cc(=O)[nH]cc2C(=O)NCCCO)c(P)c1. The second-order valence-corrected chi connectivity index (χ2v) is 5.98. The van der Waals surface area contributed by atoms with Gasteiger partial charge in [0.2, 0.25) is 5.56 Å². The monoisotopic (exact) mass is 347 g/mol. The molecule has 0 saturated heterocycles. The Balaban J connectivity index is 2.27. The quantitative estimate of drug-likeness (QED) is 0.448. The van der Waals surface area contributed by atoms with Crippen LogP contribution in [0.1, 0.15) is 29.3 Å². The van der Waals surface area contributed by atoms with Gasteiger partial charge < -0.3 is 20.7 Å². The standard InChI is InChI=1S/C17H22N3O3P/c1-2-11-4-5-13(15(24)8-11)20-14-9-16(22)19-10-12(14)17(23)18-6-3-7-21/h4-5,8-10,21H,2-3,6-7,24H2,1H3,(H,18,23)(H2,19,20,22). The van der Waals surface area contributed by atoms with Crippen LogP contribution in [0.4, 0.5) is 11.4 Å². The van der Waals surface area contributed by atoms with Crippen LogP contribution in [0.25, 0.3) is 0 Å². The molecule has 24 heavy (non-hydrogen) atoms. The first kappa shape index (κ1) is 18.2. The lowest BCUT2D eigenvalue weighted by molar-refractivity contribution is 0.0951. The lowest BCUT2D eigenvalue weighted by atomic mass is 10.1. The first-order valence-corrected chi connectivity index (χ1v) is 8.40. The summed E-state index contributed by atoms with van der Waals surface area (Å²) in [6, 6.07) is 7.33. The van der Waals surface area contributed by atoms with Crippen LogP contribution in [-0.4, -0.2) is 29.1 Å². The molecule has 0 saturated carbocycles. The van der Waals surface area contributed by atoms with Crippen molar-refractivity contribution in [1.29, 1.82) is 0 Å². The smallest absolute Gasteiger partial charge is 0.254 e. The molecule has 1 aromatic carbocycles. The number of nitrogens with one attached hydrogen (secondary N) is 3. The molecule has 0 aliphatic heterocycles. The highest BCUT2D eigenvalue weighted by molar-refractivity contribution is 7.28. The van der Waals surface area contributed by atoms with E-state index in [9.17, 15) is 9.59 Å². The number of anilines is 2. The molecule has 0 radical (unpaired) electrons. The van der Waals surface area contributed by atoms with Gasteiger partial charge in [0, 0.05) is 31.1 Å². The fraction of sp³-hybridized carbons (Fsp3) is 0.294. The average molecular weight is 347 g/mol. The fourth-order valence-electron chi connectivity index (χ4n) is 2.23. The van der Waals surface area contributed by atoms with Crippen molar-refractivity contribution in [3.8, 4) is 0 Å². The van der Waals surface area contributed by atoms with Crippen LogP contribution in [0.2, 0.25) is 0 Å². The van der Waals surface area contributed by atoms with E-state index in [1.165, 1.54) is 17.8 Å². The second kappa shape index (κ2) is 8.62. The number of aromatic nitrogens is 1. The van der Waals surface area contributed by atoms with E-state index in [4.69, 9.17) is 5.11 Å². The number of rotatable bonds is 7. The molecule has 4 N–H and O–H groups in total. The normalized spacial score (nSPS) is 10.5. The number of aryl methyl sites for hydroxylation is 1. The third-order valence-electron chi connectivity index (χ3n) is 3.58. The Hall–Kier alpha value is -2.17. The molecule has 2 aromatic rings. The largest absolute Gasteiger partial charge is 0.396 e. The Labute approximate surface area is 142 Å². The summed E-state index contributed by atoms with van der Waals surface area (Å²) in [6.07, 6.45) is 2.80. The summed E-state index contributed by atoms with van der Waals surface area (Å²) in [5.41, 5.74) is 2.51. The molecule has 6 nitrogen and oxygen atoms in total. The fourth-order valence-corrected chi connectivity index (χ4v) is 2.61. The predicted octanol–water partition coefficient (Wildman–Crippen LogP) is 1.29. The van der Waals surface area contributed by atoms with Crippen LogP contribution in [0.3, 0.4) is 0 Å². The minimum Gasteiger partial charge on any atom is -0.396 e. The molecule has 7 heteroatoms. The van der Waals surface area contributed by atoms with E-state index < -0.39 is 0 Å². The van der Waals surface area contributed by atoms with Gasteiger partial charge in [-0.1, -0.05) is 13.0 Å². The van der Waals surface area contributed by atoms with Crippen LogP contribution in [0, 0.1) is 0 Å². The Morgan fingerprint density at radius 2 is 2.08 bits per heavy atom. The zero-order valence-corrected chi connectivity index (χ0v) is 14.7. The van der Waals surface area contributed by atoms with Gasteiger partial charge in [0.05, 0.1) is 11.3 Å². The molecule has 0 spiro atoms. The number of aromatic amines is 1. The molecule has 0 bridgehead atoms. The van der Waals surface area contributed by atoms with Crippen LogP contribution < -0.4 is 21.5 Å². The minimum atomic E-state index is -0.308. The summed E-state index contributed by atoms with van der Waals surface area (Å²) >= 11 is 0. The van der Waals surface area contributed by atoms with Crippen LogP contribution >= 0.6 is 9.24 Å². The molecule has 2 rings (SSSR count). The van der Waals surface area contributed by atoms with E-state index in [2.05, 4.69) is 31.8 Å². The van der Waals surface area contributed by atoms with E-state index in [0.29, 0.717) is 24.2 Å². The van der Waals surface area contributed by atoms with Crippen molar-refractivity contribution < 1.29 is 9.90 Å². The molecule has 1 aromatic heterocycles. The summed E-state index contributed by atoms with van der Waals surface area (Å²) in [4.78, 5) is 26.4. The van der Waals surface area contributed by atoms with Crippen LogP contribution in [0.15, 0.2) is 35.3 Å². The molecular formula is C17H22N3O3P. The van der Waals surface area contributed by atoms with E-state index in [1.54, 1.807) is 0 Å². The third-order valence-corrected chi connectivity index (χ3v) is 4.06. The van der Waals surface area contributed by atoms with Crippen LogP contribution in [-0.2, 0) is 6.42 Å². The summed E-state index contributed by atoms with van der Waals surface area (Å²) in [5.74, 6) is -0.308. The molecule has 1 heterocycles. The topological polar surface area (TPSA) is 94.2 Å². The van der Waals surface area contributed by atoms with Crippen molar-refractivity contribution in [2.24, 2.45) is 0 Å².